The first-order chi connectivity index (χ1) is 14.0. The molecule has 1 aliphatic rings. The van der Waals surface area contributed by atoms with E-state index in [2.05, 4.69) is 5.32 Å². The van der Waals surface area contributed by atoms with Crippen molar-refractivity contribution in [1.29, 1.82) is 0 Å². The lowest BCUT2D eigenvalue weighted by Gasteiger charge is -2.45. The minimum atomic E-state index is -4.49. The van der Waals surface area contributed by atoms with Crippen LogP contribution in [0, 0.1) is 0 Å². The molecule has 0 spiro atoms. The van der Waals surface area contributed by atoms with Crippen LogP contribution in [0.2, 0.25) is 0 Å². The number of phenolic OH excluding ortho intramolecular Hbond substituents is 2. The number of benzene rings is 2. The Hall–Kier alpha value is -2.25. The van der Waals surface area contributed by atoms with Crippen LogP contribution in [0.3, 0.4) is 0 Å². The molecule has 0 aliphatic carbocycles. The van der Waals surface area contributed by atoms with Gasteiger partial charge in [-0.3, -0.25) is 0 Å². The van der Waals surface area contributed by atoms with E-state index < -0.39 is 23.2 Å². The van der Waals surface area contributed by atoms with Gasteiger partial charge in [0.15, 0.2) is 0 Å². The molecule has 3 N–H and O–H groups in total. The summed E-state index contributed by atoms with van der Waals surface area (Å²) in [7, 11) is 0. The van der Waals surface area contributed by atoms with Crippen LogP contribution in [0.1, 0.15) is 61.3 Å². The molecule has 1 saturated heterocycles. The summed E-state index contributed by atoms with van der Waals surface area (Å²) in [6, 6.07) is 8.40. The minimum Gasteiger partial charge on any atom is -0.508 e. The molecular weight excluding hydrogens is 395 g/mol. The molecule has 1 fully saturated rings. The maximum atomic E-state index is 13.3. The van der Waals surface area contributed by atoms with Crippen molar-refractivity contribution in [3.05, 3.63) is 58.7 Å². The molecule has 7 heteroatoms. The van der Waals surface area contributed by atoms with Gasteiger partial charge in [-0.05, 0) is 65.9 Å². The fourth-order valence-corrected chi connectivity index (χ4v) is 4.04. The highest BCUT2D eigenvalue weighted by atomic mass is 19.4. The highest BCUT2D eigenvalue weighted by molar-refractivity contribution is 5.43. The topological polar surface area (TPSA) is 61.7 Å². The van der Waals surface area contributed by atoms with Crippen LogP contribution in [0.15, 0.2) is 36.4 Å². The van der Waals surface area contributed by atoms with Crippen LogP contribution in [0.25, 0.3) is 0 Å². The standard InChI is InChI=1S/C23H28F3NO3/c1-14(2)18-10-16(28)4-6-20(18)22(8-9-27-22)13-30-12-15(3)19-11-17(29)5-7-21(19)23(24,25)26/h4-7,10-11,14-15,27-29H,8-9,12-13H2,1-3H3. The third-order valence-electron chi connectivity index (χ3n) is 5.78. The largest absolute Gasteiger partial charge is 0.508 e. The Morgan fingerprint density at radius 1 is 1.03 bits per heavy atom. The van der Waals surface area contributed by atoms with Crippen molar-refractivity contribution in [3.8, 4) is 11.5 Å². The maximum absolute atomic E-state index is 13.3. The molecule has 1 heterocycles. The Bertz CT molecular complexity index is 892. The molecule has 0 bridgehead atoms. The van der Waals surface area contributed by atoms with E-state index in [1.54, 1.807) is 19.1 Å². The van der Waals surface area contributed by atoms with Gasteiger partial charge in [-0.2, -0.15) is 13.2 Å². The average molecular weight is 423 g/mol. The Morgan fingerprint density at radius 3 is 2.17 bits per heavy atom. The van der Waals surface area contributed by atoms with Crippen molar-refractivity contribution in [1.82, 2.24) is 5.32 Å². The van der Waals surface area contributed by atoms with Crippen molar-refractivity contribution in [2.24, 2.45) is 0 Å². The zero-order valence-corrected chi connectivity index (χ0v) is 17.4. The molecule has 0 saturated carbocycles. The van der Waals surface area contributed by atoms with E-state index in [1.165, 1.54) is 0 Å². The predicted molar refractivity (Wildman–Crippen MR) is 109 cm³/mol. The number of halogens is 3. The monoisotopic (exact) mass is 423 g/mol. The fourth-order valence-electron chi connectivity index (χ4n) is 4.04. The lowest BCUT2D eigenvalue weighted by Crippen LogP contribution is -2.57. The SMILES string of the molecule is CC(C)c1cc(O)ccc1C1(COCC(C)c2cc(O)ccc2C(F)(F)F)CCN1. The van der Waals surface area contributed by atoms with E-state index in [9.17, 15) is 23.4 Å². The molecule has 3 rings (SSSR count). The van der Waals surface area contributed by atoms with Crippen molar-refractivity contribution in [3.63, 3.8) is 0 Å². The zero-order chi connectivity index (χ0) is 22.1. The van der Waals surface area contributed by atoms with Gasteiger partial charge in [-0.25, -0.2) is 0 Å². The molecule has 4 nitrogen and oxygen atoms in total. The molecule has 2 unspecified atom stereocenters. The molecular formula is C23H28F3NO3. The Labute approximate surface area is 174 Å². The quantitative estimate of drug-likeness (QED) is 0.569. The van der Waals surface area contributed by atoms with E-state index in [-0.39, 0.29) is 29.6 Å². The number of ether oxygens (including phenoxy) is 1. The zero-order valence-electron chi connectivity index (χ0n) is 17.4. The number of rotatable bonds is 7. The summed E-state index contributed by atoms with van der Waals surface area (Å²) in [5, 5.41) is 23.0. The number of phenols is 2. The number of aromatic hydroxyl groups is 2. The van der Waals surface area contributed by atoms with E-state index in [4.69, 9.17) is 4.74 Å². The summed E-state index contributed by atoms with van der Waals surface area (Å²) in [4.78, 5) is 0. The number of nitrogens with one attached hydrogen (secondary N) is 1. The first-order valence-electron chi connectivity index (χ1n) is 10.1. The number of hydrogen-bond acceptors (Lipinski definition) is 4. The van der Waals surface area contributed by atoms with Crippen molar-refractivity contribution in [2.45, 2.75) is 50.7 Å². The van der Waals surface area contributed by atoms with Gasteiger partial charge in [0.1, 0.15) is 11.5 Å². The fraction of sp³-hybridized carbons (Fsp3) is 0.478. The molecule has 0 amide bonds. The Kier molecular flexibility index (Phi) is 6.34. The van der Waals surface area contributed by atoms with Gasteiger partial charge in [0.05, 0.1) is 24.3 Å². The second kappa shape index (κ2) is 8.47. The van der Waals surface area contributed by atoms with Crippen LogP contribution < -0.4 is 5.32 Å². The van der Waals surface area contributed by atoms with Crippen molar-refractivity contribution in [2.75, 3.05) is 19.8 Å². The molecule has 2 aromatic rings. The molecule has 0 radical (unpaired) electrons. The van der Waals surface area contributed by atoms with Gasteiger partial charge in [0.25, 0.3) is 0 Å². The predicted octanol–water partition coefficient (Wildman–Crippen LogP) is 5.25. The second-order valence-electron chi connectivity index (χ2n) is 8.37. The summed E-state index contributed by atoms with van der Waals surface area (Å²) < 4.78 is 45.9. The maximum Gasteiger partial charge on any atom is 0.416 e. The Balaban J connectivity index is 1.76. The summed E-state index contributed by atoms with van der Waals surface area (Å²) in [5.74, 6) is -0.343. The highest BCUT2D eigenvalue weighted by Gasteiger charge is 2.41. The molecule has 164 valence electrons. The van der Waals surface area contributed by atoms with E-state index in [0.29, 0.717) is 6.61 Å². The number of alkyl halides is 3. The lowest BCUT2D eigenvalue weighted by atomic mass is 9.77. The van der Waals surface area contributed by atoms with E-state index >= 15 is 0 Å². The van der Waals surface area contributed by atoms with Crippen LogP contribution in [-0.4, -0.2) is 30.0 Å². The van der Waals surface area contributed by atoms with Gasteiger partial charge >= 0.3 is 6.18 Å². The summed E-state index contributed by atoms with van der Waals surface area (Å²) >= 11 is 0. The highest BCUT2D eigenvalue weighted by Crippen LogP contribution is 2.39. The van der Waals surface area contributed by atoms with Crippen LogP contribution in [0.4, 0.5) is 13.2 Å². The first-order valence-corrected chi connectivity index (χ1v) is 10.1. The molecule has 30 heavy (non-hydrogen) atoms. The number of hydrogen-bond donors (Lipinski definition) is 3. The van der Waals surface area contributed by atoms with Gasteiger partial charge in [0, 0.05) is 5.92 Å². The third kappa shape index (κ3) is 4.57. The van der Waals surface area contributed by atoms with Crippen molar-refractivity contribution < 1.29 is 28.1 Å². The summed E-state index contributed by atoms with van der Waals surface area (Å²) in [5.41, 5.74) is 0.909. The minimum absolute atomic E-state index is 0.0191. The summed E-state index contributed by atoms with van der Waals surface area (Å²) in [6.45, 7) is 6.97. The van der Waals surface area contributed by atoms with E-state index in [0.717, 1.165) is 42.3 Å². The second-order valence-corrected chi connectivity index (χ2v) is 8.37. The van der Waals surface area contributed by atoms with Crippen LogP contribution in [-0.2, 0) is 16.5 Å². The van der Waals surface area contributed by atoms with Gasteiger partial charge in [0.2, 0.25) is 0 Å². The van der Waals surface area contributed by atoms with Crippen LogP contribution >= 0.6 is 0 Å². The van der Waals surface area contributed by atoms with E-state index in [1.807, 2.05) is 19.9 Å². The molecule has 1 aliphatic heterocycles. The normalized spacial score (nSPS) is 20.2. The first kappa shape index (κ1) is 22.4. The molecule has 0 aromatic heterocycles. The summed E-state index contributed by atoms with van der Waals surface area (Å²) in [6.07, 6.45) is -3.65. The smallest absolute Gasteiger partial charge is 0.416 e. The van der Waals surface area contributed by atoms with Gasteiger partial charge in [-0.15, -0.1) is 0 Å². The van der Waals surface area contributed by atoms with Crippen LogP contribution in [0.5, 0.6) is 11.5 Å². The lowest BCUT2D eigenvalue weighted by molar-refractivity contribution is -0.138. The molecule has 2 aromatic carbocycles. The molecule has 2 atom stereocenters. The average Bonchev–Trinajstić information content (AvgIpc) is 2.63. The van der Waals surface area contributed by atoms with Crippen molar-refractivity contribution >= 4 is 0 Å². The third-order valence-corrected chi connectivity index (χ3v) is 5.78. The Morgan fingerprint density at radius 2 is 1.63 bits per heavy atom. The van der Waals surface area contributed by atoms with Gasteiger partial charge < -0.3 is 20.3 Å². The van der Waals surface area contributed by atoms with Gasteiger partial charge in [-0.1, -0.05) is 26.8 Å².